The molecule has 0 radical (unpaired) electrons. The monoisotopic (exact) mass is 394 g/mol. The first-order valence-corrected chi connectivity index (χ1v) is 10.8. The number of rotatable bonds is 6. The van der Waals surface area contributed by atoms with Gasteiger partial charge in [0.2, 0.25) is 5.91 Å². The Morgan fingerprint density at radius 2 is 1.76 bits per heavy atom. The normalized spacial score (nSPS) is 17.5. The predicted octanol–water partition coefficient (Wildman–Crippen LogP) is 2.74. The second-order valence-electron chi connectivity index (χ2n) is 8.02. The van der Waals surface area contributed by atoms with E-state index in [-0.39, 0.29) is 11.8 Å². The molecule has 154 valence electrons. The Balaban J connectivity index is 1.46. The maximum atomic E-state index is 13.3. The summed E-state index contributed by atoms with van der Waals surface area (Å²) in [4.78, 5) is 36.4. The van der Waals surface area contributed by atoms with E-state index in [1.807, 2.05) is 54.0 Å². The number of piperazine rings is 1. The molecule has 0 unspecified atom stereocenters. The van der Waals surface area contributed by atoms with Crippen molar-refractivity contribution in [1.29, 1.82) is 0 Å². The van der Waals surface area contributed by atoms with Gasteiger partial charge in [0, 0.05) is 56.3 Å². The molecule has 2 heterocycles. The molecular weight excluding hydrogens is 364 g/mol. The van der Waals surface area contributed by atoms with E-state index in [2.05, 4.69) is 4.90 Å². The van der Waals surface area contributed by atoms with E-state index < -0.39 is 0 Å². The van der Waals surface area contributed by atoms with E-state index in [1.54, 1.807) is 0 Å². The highest BCUT2D eigenvalue weighted by Gasteiger charge is 2.29. The third-order valence-electron chi connectivity index (χ3n) is 6.10. The molecule has 0 N–H and O–H groups in total. The lowest BCUT2D eigenvalue weighted by Gasteiger charge is -2.35. The van der Waals surface area contributed by atoms with Gasteiger partial charge in [-0.2, -0.15) is 0 Å². The van der Waals surface area contributed by atoms with Gasteiger partial charge in [0.1, 0.15) is 0 Å². The first-order chi connectivity index (χ1) is 14.1. The first-order valence-electron chi connectivity index (χ1n) is 10.8. The van der Waals surface area contributed by atoms with Gasteiger partial charge in [0.05, 0.1) is 17.6 Å². The van der Waals surface area contributed by atoms with Crippen LogP contribution in [0.2, 0.25) is 0 Å². The van der Waals surface area contributed by atoms with Crippen LogP contribution in [0, 0.1) is 0 Å². The lowest BCUT2D eigenvalue weighted by Crippen LogP contribution is -2.51. The molecule has 0 atom stereocenters. The summed E-state index contributed by atoms with van der Waals surface area (Å²) in [7, 11) is 0. The molecule has 0 spiro atoms. The summed E-state index contributed by atoms with van der Waals surface area (Å²) in [5.74, 6) is 0.762. The molecule has 1 aromatic carbocycles. The zero-order valence-electron chi connectivity index (χ0n) is 17.4. The Bertz CT molecular complexity index is 897. The second kappa shape index (κ2) is 8.49. The van der Waals surface area contributed by atoms with E-state index in [0.29, 0.717) is 25.6 Å². The van der Waals surface area contributed by atoms with Gasteiger partial charge in [-0.05, 0) is 38.8 Å². The number of likely N-dealkylation sites (N-methyl/N-ethyl adjacent to an activating group) is 1. The zero-order valence-corrected chi connectivity index (χ0v) is 17.4. The van der Waals surface area contributed by atoms with Crippen molar-refractivity contribution < 1.29 is 9.59 Å². The minimum absolute atomic E-state index is 0.0835. The minimum atomic E-state index is 0.0835. The summed E-state index contributed by atoms with van der Waals surface area (Å²) in [5.41, 5.74) is 2.73. The number of benzene rings is 1. The van der Waals surface area contributed by atoms with Crippen LogP contribution in [-0.2, 0) is 4.79 Å². The highest BCUT2D eigenvalue weighted by atomic mass is 16.2. The van der Waals surface area contributed by atoms with Crippen LogP contribution in [0.4, 0.5) is 0 Å². The van der Waals surface area contributed by atoms with Crippen LogP contribution in [0.15, 0.2) is 30.3 Å². The van der Waals surface area contributed by atoms with Gasteiger partial charge >= 0.3 is 0 Å². The molecular formula is C23H30N4O2. The second-order valence-corrected chi connectivity index (χ2v) is 8.02. The fourth-order valence-electron chi connectivity index (χ4n) is 4.11. The topological polar surface area (TPSA) is 56.8 Å². The van der Waals surface area contributed by atoms with Gasteiger partial charge in [-0.25, -0.2) is 0 Å². The molecule has 2 amide bonds. The van der Waals surface area contributed by atoms with Crippen molar-refractivity contribution in [3.05, 3.63) is 41.6 Å². The smallest absolute Gasteiger partial charge is 0.254 e. The predicted molar refractivity (Wildman–Crippen MR) is 114 cm³/mol. The fourth-order valence-corrected chi connectivity index (χ4v) is 4.11. The molecule has 1 saturated carbocycles. The summed E-state index contributed by atoms with van der Waals surface area (Å²) in [6.07, 6.45) is 2.33. The minimum Gasteiger partial charge on any atom is -0.342 e. The average molecular weight is 395 g/mol. The van der Waals surface area contributed by atoms with Gasteiger partial charge in [0.15, 0.2) is 0 Å². The van der Waals surface area contributed by atoms with Crippen molar-refractivity contribution in [2.45, 2.75) is 32.6 Å². The summed E-state index contributed by atoms with van der Waals surface area (Å²) in [6.45, 7) is 8.71. The largest absolute Gasteiger partial charge is 0.342 e. The summed E-state index contributed by atoms with van der Waals surface area (Å²) in [5, 5.41) is 0.932. The molecule has 1 aliphatic carbocycles. The van der Waals surface area contributed by atoms with Crippen molar-refractivity contribution in [1.82, 2.24) is 19.7 Å². The Morgan fingerprint density at radius 3 is 2.41 bits per heavy atom. The lowest BCUT2D eigenvalue weighted by atomic mass is 10.0. The van der Waals surface area contributed by atoms with Crippen molar-refractivity contribution in [3.63, 3.8) is 0 Å². The van der Waals surface area contributed by atoms with Crippen molar-refractivity contribution in [2.75, 3.05) is 45.8 Å². The molecule has 2 fully saturated rings. The van der Waals surface area contributed by atoms with E-state index in [4.69, 9.17) is 4.98 Å². The Labute approximate surface area is 172 Å². The van der Waals surface area contributed by atoms with E-state index >= 15 is 0 Å². The average Bonchev–Trinajstić information content (AvgIpc) is 3.59. The maximum Gasteiger partial charge on any atom is 0.254 e. The summed E-state index contributed by atoms with van der Waals surface area (Å²) in [6, 6.07) is 9.94. The lowest BCUT2D eigenvalue weighted by molar-refractivity contribution is -0.132. The van der Waals surface area contributed by atoms with Crippen LogP contribution in [0.5, 0.6) is 0 Å². The van der Waals surface area contributed by atoms with Crippen LogP contribution < -0.4 is 0 Å². The number of fused-ring (bicyclic) bond motifs is 1. The van der Waals surface area contributed by atoms with Gasteiger partial charge in [-0.15, -0.1) is 0 Å². The van der Waals surface area contributed by atoms with E-state index in [9.17, 15) is 9.59 Å². The van der Waals surface area contributed by atoms with E-state index in [0.717, 1.165) is 61.2 Å². The first kappa shape index (κ1) is 19.8. The van der Waals surface area contributed by atoms with Crippen LogP contribution in [0.1, 0.15) is 48.7 Å². The number of carbonyl (C=O) groups excluding carboxylic acids is 2. The Morgan fingerprint density at radius 1 is 1.07 bits per heavy atom. The summed E-state index contributed by atoms with van der Waals surface area (Å²) < 4.78 is 0. The Kier molecular flexibility index (Phi) is 5.81. The number of para-hydroxylation sites is 1. The SMILES string of the molecule is CCN(CC)C(=O)CN1CCN(C(=O)c2cc(C3CC3)nc3ccccc23)CC1. The molecule has 4 rings (SSSR count). The number of aromatic nitrogens is 1. The highest BCUT2D eigenvalue weighted by molar-refractivity contribution is 6.06. The van der Waals surface area contributed by atoms with Crippen LogP contribution >= 0.6 is 0 Å². The number of hydrogen-bond donors (Lipinski definition) is 0. The molecule has 29 heavy (non-hydrogen) atoms. The number of pyridine rings is 1. The third-order valence-corrected chi connectivity index (χ3v) is 6.10. The number of amides is 2. The Hall–Kier alpha value is -2.47. The third kappa shape index (κ3) is 4.27. The molecule has 1 aliphatic heterocycles. The number of nitrogens with zero attached hydrogens (tertiary/aromatic N) is 4. The van der Waals surface area contributed by atoms with E-state index in [1.165, 1.54) is 0 Å². The fraction of sp³-hybridized carbons (Fsp3) is 0.522. The van der Waals surface area contributed by atoms with Crippen molar-refractivity contribution in [3.8, 4) is 0 Å². The van der Waals surface area contributed by atoms with Gasteiger partial charge in [0.25, 0.3) is 5.91 Å². The molecule has 1 saturated heterocycles. The molecule has 2 aliphatic rings. The van der Waals surface area contributed by atoms with Crippen LogP contribution in [0.3, 0.4) is 0 Å². The van der Waals surface area contributed by atoms with Crippen LogP contribution in [0.25, 0.3) is 10.9 Å². The van der Waals surface area contributed by atoms with Crippen molar-refractivity contribution >= 4 is 22.7 Å². The zero-order chi connectivity index (χ0) is 20.4. The van der Waals surface area contributed by atoms with Gasteiger partial charge in [-0.3, -0.25) is 19.5 Å². The van der Waals surface area contributed by atoms with Crippen molar-refractivity contribution in [2.24, 2.45) is 0 Å². The number of carbonyl (C=O) groups is 2. The molecule has 2 aromatic rings. The van der Waals surface area contributed by atoms with Crippen LogP contribution in [-0.4, -0.2) is 77.3 Å². The van der Waals surface area contributed by atoms with Gasteiger partial charge in [-0.1, -0.05) is 18.2 Å². The standard InChI is InChI=1S/C23H30N4O2/c1-3-26(4-2)22(28)16-25-11-13-27(14-12-25)23(29)19-15-21(17-9-10-17)24-20-8-6-5-7-18(19)20/h5-8,15,17H,3-4,9-14,16H2,1-2H3. The molecule has 1 aromatic heterocycles. The summed E-state index contributed by atoms with van der Waals surface area (Å²) >= 11 is 0. The maximum absolute atomic E-state index is 13.3. The quantitative estimate of drug-likeness (QED) is 0.756. The molecule has 6 nitrogen and oxygen atoms in total. The van der Waals surface area contributed by atoms with Gasteiger partial charge < -0.3 is 9.80 Å². The number of hydrogen-bond acceptors (Lipinski definition) is 4. The molecule has 6 heteroatoms. The highest BCUT2D eigenvalue weighted by Crippen LogP contribution is 2.40. The molecule has 0 bridgehead atoms.